The fraction of sp³-hybridized carbons (Fsp3) is 0.500. The van der Waals surface area contributed by atoms with Crippen molar-refractivity contribution in [3.63, 3.8) is 0 Å². The second-order valence-corrected chi connectivity index (χ2v) is 6.41. The first kappa shape index (κ1) is 12.0. The highest BCUT2D eigenvalue weighted by molar-refractivity contribution is 9.09. The summed E-state index contributed by atoms with van der Waals surface area (Å²) in [5.41, 5.74) is 0. The molecule has 1 aliphatic rings. The van der Waals surface area contributed by atoms with E-state index in [2.05, 4.69) is 20.9 Å². The van der Waals surface area contributed by atoms with Crippen LogP contribution in [0, 0.1) is 0 Å². The molecular formula is C10H13BrN2O2S. The zero-order chi connectivity index (χ0) is 11.6. The van der Waals surface area contributed by atoms with Gasteiger partial charge in [-0.05, 0) is 25.0 Å². The first-order valence-electron chi connectivity index (χ1n) is 5.14. The van der Waals surface area contributed by atoms with Crippen LogP contribution in [0.1, 0.15) is 12.8 Å². The standard InChI is InChI=1S/C10H13BrN2O2S/c11-5-7-13(9-3-4-9)16(14,15)10-2-1-6-12-8-10/h1-2,6,8-9H,3-5,7H2. The minimum atomic E-state index is -3.36. The molecule has 2 rings (SSSR count). The summed E-state index contributed by atoms with van der Waals surface area (Å²) in [6.07, 6.45) is 4.91. The molecule has 4 nitrogen and oxygen atoms in total. The molecule has 1 aromatic rings. The maximum atomic E-state index is 12.3. The summed E-state index contributed by atoms with van der Waals surface area (Å²) in [5, 5.41) is 0.656. The topological polar surface area (TPSA) is 50.3 Å². The lowest BCUT2D eigenvalue weighted by molar-refractivity contribution is 0.424. The van der Waals surface area contributed by atoms with E-state index >= 15 is 0 Å². The molecule has 1 fully saturated rings. The number of hydrogen-bond donors (Lipinski definition) is 0. The molecular weight excluding hydrogens is 292 g/mol. The van der Waals surface area contributed by atoms with Crippen molar-refractivity contribution in [2.75, 3.05) is 11.9 Å². The average Bonchev–Trinajstić information content (AvgIpc) is 3.11. The molecule has 0 aliphatic heterocycles. The van der Waals surface area contributed by atoms with Crippen LogP contribution in [0.5, 0.6) is 0 Å². The number of alkyl halides is 1. The molecule has 0 saturated heterocycles. The monoisotopic (exact) mass is 304 g/mol. The van der Waals surface area contributed by atoms with Crippen molar-refractivity contribution in [3.8, 4) is 0 Å². The van der Waals surface area contributed by atoms with E-state index in [-0.39, 0.29) is 10.9 Å². The minimum Gasteiger partial charge on any atom is -0.263 e. The highest BCUT2D eigenvalue weighted by Crippen LogP contribution is 2.31. The molecule has 1 aliphatic carbocycles. The van der Waals surface area contributed by atoms with Crippen LogP contribution in [0.15, 0.2) is 29.4 Å². The Bertz CT molecular complexity index is 445. The van der Waals surface area contributed by atoms with Gasteiger partial charge in [-0.2, -0.15) is 4.31 Å². The van der Waals surface area contributed by atoms with Crippen LogP contribution in [-0.4, -0.2) is 35.6 Å². The fourth-order valence-corrected chi connectivity index (χ4v) is 3.85. The van der Waals surface area contributed by atoms with Crippen molar-refractivity contribution in [1.82, 2.24) is 9.29 Å². The Morgan fingerprint density at radius 1 is 1.50 bits per heavy atom. The van der Waals surface area contributed by atoms with Gasteiger partial charge in [-0.3, -0.25) is 4.98 Å². The van der Waals surface area contributed by atoms with Gasteiger partial charge in [0.25, 0.3) is 0 Å². The number of nitrogens with zero attached hydrogens (tertiary/aromatic N) is 2. The highest BCUT2D eigenvalue weighted by atomic mass is 79.9. The molecule has 1 aromatic heterocycles. The maximum absolute atomic E-state index is 12.3. The lowest BCUT2D eigenvalue weighted by atomic mass is 10.5. The largest absolute Gasteiger partial charge is 0.263 e. The summed E-state index contributed by atoms with van der Waals surface area (Å²) in [4.78, 5) is 4.14. The molecule has 0 bridgehead atoms. The van der Waals surface area contributed by atoms with E-state index in [9.17, 15) is 8.42 Å². The third-order valence-corrected chi connectivity index (χ3v) is 4.79. The van der Waals surface area contributed by atoms with Gasteiger partial charge in [0, 0.05) is 30.3 Å². The number of sulfonamides is 1. The second kappa shape index (κ2) is 4.81. The van der Waals surface area contributed by atoms with Crippen LogP contribution in [0.25, 0.3) is 0 Å². The van der Waals surface area contributed by atoms with Crippen molar-refractivity contribution in [2.45, 2.75) is 23.8 Å². The Morgan fingerprint density at radius 3 is 2.75 bits per heavy atom. The average molecular weight is 305 g/mol. The van der Waals surface area contributed by atoms with Gasteiger partial charge in [-0.25, -0.2) is 8.42 Å². The van der Waals surface area contributed by atoms with Gasteiger partial charge in [0.1, 0.15) is 4.90 Å². The summed E-state index contributed by atoms with van der Waals surface area (Å²) >= 11 is 3.29. The quantitative estimate of drug-likeness (QED) is 0.777. The van der Waals surface area contributed by atoms with Crippen molar-refractivity contribution in [3.05, 3.63) is 24.5 Å². The van der Waals surface area contributed by atoms with Gasteiger partial charge < -0.3 is 0 Å². The molecule has 16 heavy (non-hydrogen) atoms. The molecule has 0 radical (unpaired) electrons. The van der Waals surface area contributed by atoms with Crippen LogP contribution in [0.2, 0.25) is 0 Å². The van der Waals surface area contributed by atoms with E-state index in [0.717, 1.165) is 12.8 Å². The zero-order valence-corrected chi connectivity index (χ0v) is 11.1. The summed E-state index contributed by atoms with van der Waals surface area (Å²) in [6, 6.07) is 3.42. The van der Waals surface area contributed by atoms with Crippen LogP contribution in [-0.2, 0) is 10.0 Å². The number of halogens is 1. The third kappa shape index (κ3) is 2.44. The van der Waals surface area contributed by atoms with Crippen LogP contribution in [0.4, 0.5) is 0 Å². The molecule has 0 N–H and O–H groups in total. The first-order chi connectivity index (χ1) is 7.66. The lowest BCUT2D eigenvalue weighted by Gasteiger charge is -2.20. The van der Waals surface area contributed by atoms with Crippen LogP contribution in [0.3, 0.4) is 0 Å². The number of aromatic nitrogens is 1. The van der Waals surface area contributed by atoms with Gasteiger partial charge in [0.15, 0.2) is 0 Å². The Morgan fingerprint density at radius 2 is 2.25 bits per heavy atom. The Kier molecular flexibility index (Phi) is 3.61. The number of rotatable bonds is 5. The van der Waals surface area contributed by atoms with Gasteiger partial charge in [-0.1, -0.05) is 15.9 Å². The number of hydrogen-bond acceptors (Lipinski definition) is 3. The van der Waals surface area contributed by atoms with Crippen LogP contribution >= 0.6 is 15.9 Å². The van der Waals surface area contributed by atoms with Gasteiger partial charge in [0.05, 0.1) is 0 Å². The molecule has 0 aromatic carbocycles. The molecule has 0 spiro atoms. The SMILES string of the molecule is O=S(=O)(c1cccnc1)N(CCBr)C1CC1. The summed E-state index contributed by atoms with van der Waals surface area (Å²) in [6.45, 7) is 0.516. The molecule has 6 heteroatoms. The van der Waals surface area contributed by atoms with Gasteiger partial charge >= 0.3 is 0 Å². The predicted octanol–water partition coefficient (Wildman–Crippen LogP) is 1.63. The zero-order valence-electron chi connectivity index (χ0n) is 8.71. The first-order valence-corrected chi connectivity index (χ1v) is 7.70. The summed E-state index contributed by atoms with van der Waals surface area (Å²) in [5.74, 6) is 0. The third-order valence-electron chi connectivity index (χ3n) is 2.50. The van der Waals surface area contributed by atoms with Crippen molar-refractivity contribution < 1.29 is 8.42 Å². The highest BCUT2D eigenvalue weighted by Gasteiger charge is 2.37. The minimum absolute atomic E-state index is 0.183. The maximum Gasteiger partial charge on any atom is 0.244 e. The van der Waals surface area contributed by atoms with E-state index in [1.807, 2.05) is 0 Å². The van der Waals surface area contributed by atoms with E-state index in [0.29, 0.717) is 11.9 Å². The van der Waals surface area contributed by atoms with Gasteiger partial charge in [0.2, 0.25) is 10.0 Å². The molecule has 0 atom stereocenters. The van der Waals surface area contributed by atoms with Crippen LogP contribution < -0.4 is 0 Å². The molecule has 0 unspecified atom stereocenters. The summed E-state index contributed by atoms with van der Waals surface area (Å²) in [7, 11) is -3.36. The summed E-state index contributed by atoms with van der Waals surface area (Å²) < 4.78 is 26.1. The second-order valence-electron chi connectivity index (χ2n) is 3.72. The molecule has 1 saturated carbocycles. The Balaban J connectivity index is 2.29. The predicted molar refractivity (Wildman–Crippen MR) is 64.9 cm³/mol. The normalized spacial score (nSPS) is 16.6. The lowest BCUT2D eigenvalue weighted by Crippen LogP contribution is -2.34. The van der Waals surface area contributed by atoms with E-state index < -0.39 is 10.0 Å². The van der Waals surface area contributed by atoms with Gasteiger partial charge in [-0.15, -0.1) is 0 Å². The van der Waals surface area contributed by atoms with Crippen molar-refractivity contribution >= 4 is 26.0 Å². The fourth-order valence-electron chi connectivity index (χ4n) is 1.58. The number of pyridine rings is 1. The molecule has 0 amide bonds. The van der Waals surface area contributed by atoms with E-state index in [1.165, 1.54) is 6.20 Å². The Labute approximate surface area is 104 Å². The molecule has 88 valence electrons. The van der Waals surface area contributed by atoms with E-state index in [1.54, 1.807) is 22.6 Å². The van der Waals surface area contributed by atoms with Crippen molar-refractivity contribution in [2.24, 2.45) is 0 Å². The smallest absolute Gasteiger partial charge is 0.244 e. The molecule has 1 heterocycles. The van der Waals surface area contributed by atoms with E-state index in [4.69, 9.17) is 0 Å². The Hall–Kier alpha value is -0.460. The van der Waals surface area contributed by atoms with Crippen molar-refractivity contribution in [1.29, 1.82) is 0 Å².